The fraction of sp³-hybridized carbons (Fsp3) is 0.692. The van der Waals surface area contributed by atoms with Crippen LogP contribution in [-0.4, -0.2) is 6.54 Å². The summed E-state index contributed by atoms with van der Waals surface area (Å²) in [6.45, 7) is 5.58. The van der Waals surface area contributed by atoms with Crippen molar-refractivity contribution in [2.24, 2.45) is 0 Å². The molecule has 0 saturated carbocycles. The molecule has 1 aromatic rings. The molecule has 0 aliphatic carbocycles. The van der Waals surface area contributed by atoms with Crippen LogP contribution in [0.2, 0.25) is 0 Å². The lowest BCUT2D eigenvalue weighted by Crippen LogP contribution is -2.21. The van der Waals surface area contributed by atoms with Crippen LogP contribution in [0.25, 0.3) is 0 Å². The van der Waals surface area contributed by atoms with Crippen LogP contribution in [-0.2, 0) is 0 Å². The molecule has 1 heterocycles. The third-order valence-corrected chi connectivity index (χ3v) is 6.11. The summed E-state index contributed by atoms with van der Waals surface area (Å²) in [4.78, 5) is 1.44. The Hall–Kier alpha value is 0.620. The maximum Gasteiger partial charge on any atom is 0.0843 e. The molecule has 0 aliphatic heterocycles. The van der Waals surface area contributed by atoms with Gasteiger partial charge >= 0.3 is 0 Å². The Morgan fingerprint density at radius 1 is 1.24 bits per heavy atom. The summed E-state index contributed by atoms with van der Waals surface area (Å²) in [5.41, 5.74) is 0. The first-order chi connectivity index (χ1) is 8.19. The number of rotatable bonds is 8. The predicted octanol–water partition coefficient (Wildman–Crippen LogP) is 5.89. The molecule has 0 amide bonds. The average molecular weight is 383 g/mol. The molecular formula is C13H21Br2NS. The lowest BCUT2D eigenvalue weighted by Gasteiger charge is -2.16. The van der Waals surface area contributed by atoms with Crippen LogP contribution in [0, 0.1) is 0 Å². The van der Waals surface area contributed by atoms with Gasteiger partial charge in [-0.05, 0) is 57.3 Å². The van der Waals surface area contributed by atoms with Gasteiger partial charge in [0.2, 0.25) is 0 Å². The van der Waals surface area contributed by atoms with Gasteiger partial charge < -0.3 is 5.32 Å². The van der Waals surface area contributed by atoms with Crippen LogP contribution in [0.5, 0.6) is 0 Å². The summed E-state index contributed by atoms with van der Waals surface area (Å²) >= 11 is 8.99. The lowest BCUT2D eigenvalue weighted by atomic mass is 10.1. The van der Waals surface area contributed by atoms with E-state index < -0.39 is 0 Å². The Kier molecular flexibility index (Phi) is 8.00. The van der Waals surface area contributed by atoms with Crippen molar-refractivity contribution < 1.29 is 0 Å². The van der Waals surface area contributed by atoms with Crippen molar-refractivity contribution in [3.63, 3.8) is 0 Å². The molecule has 0 saturated heterocycles. The summed E-state index contributed by atoms with van der Waals surface area (Å²) < 4.78 is 2.38. The Bertz CT molecular complexity index is 306. The fourth-order valence-corrected chi connectivity index (χ4v) is 4.00. The minimum atomic E-state index is 0.522. The van der Waals surface area contributed by atoms with Gasteiger partial charge in [-0.3, -0.25) is 0 Å². The largest absolute Gasteiger partial charge is 0.309 e. The van der Waals surface area contributed by atoms with Gasteiger partial charge in [-0.25, -0.2) is 0 Å². The molecule has 17 heavy (non-hydrogen) atoms. The third kappa shape index (κ3) is 5.41. The van der Waals surface area contributed by atoms with Crippen molar-refractivity contribution in [1.82, 2.24) is 5.32 Å². The zero-order chi connectivity index (χ0) is 12.7. The SMILES string of the molecule is CCCCCC(NCCC)c1cc(Br)c(Br)s1. The van der Waals surface area contributed by atoms with E-state index in [1.807, 2.05) is 11.3 Å². The molecule has 0 spiro atoms. The van der Waals surface area contributed by atoms with E-state index in [1.165, 1.54) is 45.2 Å². The summed E-state index contributed by atoms with van der Waals surface area (Å²) in [5, 5.41) is 3.65. The second-order valence-corrected chi connectivity index (χ2v) is 7.53. The highest BCUT2D eigenvalue weighted by Gasteiger charge is 2.14. The maximum atomic E-state index is 3.65. The average Bonchev–Trinajstić information content (AvgIpc) is 2.64. The second kappa shape index (κ2) is 8.68. The summed E-state index contributed by atoms with van der Waals surface area (Å²) in [5.74, 6) is 0. The topological polar surface area (TPSA) is 12.0 Å². The Balaban J connectivity index is 2.60. The van der Waals surface area contributed by atoms with Crippen molar-refractivity contribution in [1.29, 1.82) is 0 Å². The molecule has 1 nitrogen and oxygen atoms in total. The van der Waals surface area contributed by atoms with Gasteiger partial charge in [0.15, 0.2) is 0 Å². The summed E-state index contributed by atoms with van der Waals surface area (Å²) in [7, 11) is 0. The van der Waals surface area contributed by atoms with Crippen LogP contribution in [0.1, 0.15) is 56.9 Å². The third-order valence-electron chi connectivity index (χ3n) is 2.74. The van der Waals surface area contributed by atoms with Crippen LogP contribution < -0.4 is 5.32 Å². The zero-order valence-electron chi connectivity index (χ0n) is 10.6. The molecule has 4 heteroatoms. The van der Waals surface area contributed by atoms with Crippen molar-refractivity contribution in [2.45, 2.75) is 52.0 Å². The summed E-state index contributed by atoms with van der Waals surface area (Å²) in [6.07, 6.45) is 6.37. The smallest absolute Gasteiger partial charge is 0.0843 e. The van der Waals surface area contributed by atoms with E-state index in [0.717, 1.165) is 6.54 Å². The van der Waals surface area contributed by atoms with Gasteiger partial charge in [-0.2, -0.15) is 0 Å². The molecular weight excluding hydrogens is 362 g/mol. The number of nitrogens with one attached hydrogen (secondary N) is 1. The molecule has 1 rings (SSSR count). The molecule has 0 bridgehead atoms. The minimum Gasteiger partial charge on any atom is -0.309 e. The number of halogens is 2. The van der Waals surface area contributed by atoms with Crippen molar-refractivity contribution in [3.8, 4) is 0 Å². The Morgan fingerprint density at radius 3 is 2.53 bits per heavy atom. The number of unbranched alkanes of at least 4 members (excludes halogenated alkanes) is 2. The zero-order valence-corrected chi connectivity index (χ0v) is 14.6. The molecule has 1 atom stereocenters. The molecule has 1 aromatic heterocycles. The van der Waals surface area contributed by atoms with E-state index in [4.69, 9.17) is 0 Å². The standard InChI is InChI=1S/C13H21Br2NS/c1-3-5-6-7-11(16-8-4-2)12-9-10(14)13(15)17-12/h9,11,16H,3-8H2,1-2H3. The Labute approximate surface area is 126 Å². The van der Waals surface area contributed by atoms with Gasteiger partial charge in [0.05, 0.1) is 3.79 Å². The second-order valence-electron chi connectivity index (χ2n) is 4.27. The lowest BCUT2D eigenvalue weighted by molar-refractivity contribution is 0.480. The fourth-order valence-electron chi connectivity index (χ4n) is 1.80. The number of hydrogen-bond acceptors (Lipinski definition) is 2. The Morgan fingerprint density at radius 2 is 2.00 bits per heavy atom. The quantitative estimate of drug-likeness (QED) is 0.552. The molecule has 1 N–H and O–H groups in total. The predicted molar refractivity (Wildman–Crippen MR) is 84.9 cm³/mol. The van der Waals surface area contributed by atoms with Crippen LogP contribution in [0.15, 0.2) is 14.3 Å². The normalized spacial score (nSPS) is 12.9. The molecule has 0 aliphatic rings. The first kappa shape index (κ1) is 15.7. The van der Waals surface area contributed by atoms with E-state index in [2.05, 4.69) is 57.1 Å². The molecule has 0 radical (unpaired) electrons. The van der Waals surface area contributed by atoms with E-state index in [-0.39, 0.29) is 0 Å². The van der Waals surface area contributed by atoms with Crippen LogP contribution >= 0.6 is 43.2 Å². The van der Waals surface area contributed by atoms with Crippen molar-refractivity contribution in [2.75, 3.05) is 6.54 Å². The van der Waals surface area contributed by atoms with Gasteiger partial charge in [-0.1, -0.05) is 33.1 Å². The first-order valence-electron chi connectivity index (χ1n) is 6.37. The van der Waals surface area contributed by atoms with Crippen molar-refractivity contribution in [3.05, 3.63) is 19.2 Å². The van der Waals surface area contributed by atoms with E-state index in [9.17, 15) is 0 Å². The highest BCUT2D eigenvalue weighted by Crippen LogP contribution is 2.36. The van der Waals surface area contributed by atoms with Gasteiger partial charge in [0, 0.05) is 15.4 Å². The van der Waals surface area contributed by atoms with E-state index >= 15 is 0 Å². The van der Waals surface area contributed by atoms with Crippen LogP contribution in [0.4, 0.5) is 0 Å². The molecule has 98 valence electrons. The highest BCUT2D eigenvalue weighted by atomic mass is 79.9. The monoisotopic (exact) mass is 381 g/mol. The minimum absolute atomic E-state index is 0.522. The van der Waals surface area contributed by atoms with Crippen LogP contribution in [0.3, 0.4) is 0 Å². The molecule has 0 fully saturated rings. The highest BCUT2D eigenvalue weighted by molar-refractivity contribution is 9.13. The van der Waals surface area contributed by atoms with Gasteiger partial charge in [-0.15, -0.1) is 11.3 Å². The van der Waals surface area contributed by atoms with E-state index in [0.29, 0.717) is 6.04 Å². The van der Waals surface area contributed by atoms with Crippen molar-refractivity contribution >= 4 is 43.2 Å². The summed E-state index contributed by atoms with van der Waals surface area (Å²) in [6, 6.07) is 2.77. The first-order valence-corrected chi connectivity index (χ1v) is 8.77. The van der Waals surface area contributed by atoms with Gasteiger partial charge in [0.1, 0.15) is 0 Å². The van der Waals surface area contributed by atoms with Gasteiger partial charge in [0.25, 0.3) is 0 Å². The number of hydrogen-bond donors (Lipinski definition) is 1. The molecule has 0 aromatic carbocycles. The number of thiophene rings is 1. The van der Waals surface area contributed by atoms with E-state index in [1.54, 1.807) is 0 Å². The molecule has 1 unspecified atom stereocenters. The maximum absolute atomic E-state index is 3.65.